The topological polar surface area (TPSA) is 164 Å². The van der Waals surface area contributed by atoms with Gasteiger partial charge in [-0.05, 0) is 66.6 Å². The second kappa shape index (κ2) is 13.0. The molecular weight excluding hydrogens is 731 g/mol. The van der Waals surface area contributed by atoms with E-state index < -0.39 is 45.5 Å². The van der Waals surface area contributed by atoms with Crippen molar-refractivity contribution in [3.8, 4) is 22.9 Å². The summed E-state index contributed by atoms with van der Waals surface area (Å²) in [5, 5.41) is 3.84. The zero-order valence-electron chi connectivity index (χ0n) is 27.9. The minimum Gasteiger partial charge on any atom is -0.457 e. The summed E-state index contributed by atoms with van der Waals surface area (Å²) in [5.74, 6) is -1.34. The molecule has 0 saturated carbocycles. The minimum atomic E-state index is -4.29. The molecule has 270 valence electrons. The van der Waals surface area contributed by atoms with Crippen LogP contribution in [0.1, 0.15) is 35.6 Å². The predicted molar refractivity (Wildman–Crippen MR) is 189 cm³/mol. The van der Waals surface area contributed by atoms with E-state index in [1.165, 1.54) is 48.5 Å². The number of nitrogens with one attached hydrogen (secondary N) is 1. The first kappa shape index (κ1) is 34.3. The van der Waals surface area contributed by atoms with Gasteiger partial charge in [0.05, 0.1) is 33.9 Å². The van der Waals surface area contributed by atoms with Gasteiger partial charge in [0.25, 0.3) is 15.6 Å². The fraction of sp³-hybridized carbons (Fsp3) is 0.216. The number of aromatic nitrogens is 2. The molecular formula is C37H28ClFN4O9S. The van der Waals surface area contributed by atoms with E-state index >= 15 is 0 Å². The Morgan fingerprint density at radius 3 is 2.51 bits per heavy atom. The first-order valence-corrected chi connectivity index (χ1v) is 18.2. The van der Waals surface area contributed by atoms with Gasteiger partial charge < -0.3 is 28.8 Å². The SMILES string of the molecule is CC[C@@]1(OC(=O)CN/C(Cc2ccc(F)cc2)=N/S(=O)(=O)c2ccc(Cl)cc2)C(=O)OCc2c1cc1n(c2=O)Cc2cc3cc4c(cc3nc2-1)OCO4. The number of rotatable bonds is 8. The van der Waals surface area contributed by atoms with Crippen LogP contribution in [0, 0.1) is 5.82 Å². The standard InChI is InChI=1S/C37H28ClFN4O9S/c1-2-37(52-33(44)16-40-32(11-20-3-7-24(39)8-4-20)42-53(47,48)25-9-5-23(38)6-10-25)27-14-29-34-22(17-43(29)35(45)26(27)18-49-36(37)46)12-21-13-30-31(51-19-50-30)15-28(21)41-34/h3-10,12-15H,2,11,16-19H2,1H3,(H,40,42)/t37-/m0/s1. The maximum atomic E-state index is 14.0. The highest BCUT2D eigenvalue weighted by Gasteiger charge is 2.50. The monoisotopic (exact) mass is 758 g/mol. The molecule has 3 aromatic carbocycles. The van der Waals surface area contributed by atoms with Gasteiger partial charge in [-0.1, -0.05) is 30.7 Å². The van der Waals surface area contributed by atoms with E-state index in [1.807, 2.05) is 12.1 Å². The molecule has 0 bridgehead atoms. The van der Waals surface area contributed by atoms with Crippen LogP contribution in [0.25, 0.3) is 22.3 Å². The molecule has 0 radical (unpaired) electrons. The Labute approximate surface area is 306 Å². The molecule has 13 nitrogen and oxygen atoms in total. The largest absolute Gasteiger partial charge is 0.457 e. The Balaban J connectivity index is 1.11. The van der Waals surface area contributed by atoms with Crippen molar-refractivity contribution in [1.29, 1.82) is 0 Å². The van der Waals surface area contributed by atoms with Gasteiger partial charge in [0, 0.05) is 34.0 Å². The maximum Gasteiger partial charge on any atom is 0.355 e. The number of amidine groups is 1. The van der Waals surface area contributed by atoms with E-state index in [0.29, 0.717) is 39.0 Å². The molecule has 8 rings (SSSR count). The van der Waals surface area contributed by atoms with Crippen molar-refractivity contribution >= 4 is 50.3 Å². The molecule has 1 atom stereocenters. The number of pyridine rings is 2. The summed E-state index contributed by atoms with van der Waals surface area (Å²) in [5.41, 5.74) is 0.740. The molecule has 16 heteroatoms. The number of benzene rings is 3. The summed E-state index contributed by atoms with van der Waals surface area (Å²) in [4.78, 5) is 45.8. The quantitative estimate of drug-likeness (QED) is 0.129. The molecule has 5 aromatic rings. The molecule has 0 unspecified atom stereocenters. The van der Waals surface area contributed by atoms with Crippen LogP contribution in [0.4, 0.5) is 4.39 Å². The van der Waals surface area contributed by atoms with Crippen LogP contribution >= 0.6 is 11.6 Å². The number of nitrogens with zero attached hydrogens (tertiary/aromatic N) is 3. The predicted octanol–water partition coefficient (Wildman–Crippen LogP) is 4.77. The highest BCUT2D eigenvalue weighted by Crippen LogP contribution is 2.42. The number of halogens is 2. The number of ether oxygens (including phenoxy) is 4. The number of hydrogen-bond donors (Lipinski definition) is 1. The van der Waals surface area contributed by atoms with E-state index in [0.717, 1.165) is 10.9 Å². The summed E-state index contributed by atoms with van der Waals surface area (Å²) < 4.78 is 67.9. The average molecular weight is 759 g/mol. The summed E-state index contributed by atoms with van der Waals surface area (Å²) in [6.07, 6.45) is -0.216. The van der Waals surface area contributed by atoms with Crippen molar-refractivity contribution < 1.29 is 41.3 Å². The summed E-state index contributed by atoms with van der Waals surface area (Å²) in [6, 6.07) is 17.8. The van der Waals surface area contributed by atoms with Gasteiger partial charge >= 0.3 is 11.9 Å². The van der Waals surface area contributed by atoms with Crippen molar-refractivity contribution in [1.82, 2.24) is 14.9 Å². The van der Waals surface area contributed by atoms with Gasteiger partial charge in [-0.3, -0.25) is 9.59 Å². The second-order valence-electron chi connectivity index (χ2n) is 12.6. The molecule has 0 fully saturated rings. The van der Waals surface area contributed by atoms with Crippen molar-refractivity contribution in [2.45, 2.75) is 43.4 Å². The van der Waals surface area contributed by atoms with Crippen LogP contribution in [0.2, 0.25) is 5.02 Å². The summed E-state index contributed by atoms with van der Waals surface area (Å²) in [7, 11) is -4.29. The third-order valence-corrected chi connectivity index (χ3v) is 10.9. The first-order valence-electron chi connectivity index (χ1n) is 16.4. The van der Waals surface area contributed by atoms with Gasteiger partial charge in [-0.15, -0.1) is 4.40 Å². The minimum absolute atomic E-state index is 0.0869. The third kappa shape index (κ3) is 6.14. The van der Waals surface area contributed by atoms with Crippen LogP contribution in [0.5, 0.6) is 11.5 Å². The molecule has 5 heterocycles. The number of hydrogen-bond acceptors (Lipinski definition) is 10. The zero-order valence-corrected chi connectivity index (χ0v) is 29.4. The first-order chi connectivity index (χ1) is 25.4. The lowest BCUT2D eigenvalue weighted by atomic mass is 9.85. The summed E-state index contributed by atoms with van der Waals surface area (Å²) >= 11 is 5.93. The average Bonchev–Trinajstić information content (AvgIpc) is 3.75. The van der Waals surface area contributed by atoms with Crippen molar-refractivity contribution in [3.05, 3.63) is 116 Å². The molecule has 2 aromatic heterocycles. The van der Waals surface area contributed by atoms with E-state index in [4.69, 9.17) is 35.5 Å². The van der Waals surface area contributed by atoms with Crippen molar-refractivity contribution in [2.24, 2.45) is 4.40 Å². The summed E-state index contributed by atoms with van der Waals surface area (Å²) in [6.45, 7) is 0.987. The van der Waals surface area contributed by atoms with Gasteiger partial charge in [0.2, 0.25) is 12.4 Å². The van der Waals surface area contributed by atoms with E-state index in [2.05, 4.69) is 9.71 Å². The number of esters is 2. The number of carbonyl (C=O) groups excluding carboxylic acids is 2. The number of cyclic esters (lactones) is 1. The van der Waals surface area contributed by atoms with E-state index in [-0.39, 0.29) is 54.6 Å². The number of sulfonamides is 1. The van der Waals surface area contributed by atoms with Gasteiger partial charge in [0.1, 0.15) is 24.8 Å². The van der Waals surface area contributed by atoms with Crippen molar-refractivity contribution in [3.63, 3.8) is 0 Å². The number of fused-ring (bicyclic) bond motifs is 6. The Kier molecular flexibility index (Phi) is 8.41. The van der Waals surface area contributed by atoms with Crippen LogP contribution in [0.3, 0.4) is 0 Å². The lowest BCUT2D eigenvalue weighted by Crippen LogP contribution is -2.48. The lowest BCUT2D eigenvalue weighted by Gasteiger charge is -2.35. The second-order valence-corrected chi connectivity index (χ2v) is 14.6. The van der Waals surface area contributed by atoms with Crippen LogP contribution in [-0.4, -0.2) is 49.1 Å². The van der Waals surface area contributed by atoms with Gasteiger partial charge in [0.15, 0.2) is 11.5 Å². The molecule has 53 heavy (non-hydrogen) atoms. The fourth-order valence-corrected chi connectivity index (χ4v) is 7.79. The smallest absolute Gasteiger partial charge is 0.355 e. The van der Waals surface area contributed by atoms with Crippen LogP contribution in [0.15, 0.2) is 86.9 Å². The van der Waals surface area contributed by atoms with E-state index in [1.54, 1.807) is 23.6 Å². The van der Waals surface area contributed by atoms with Crippen molar-refractivity contribution in [2.75, 3.05) is 13.3 Å². The molecule has 1 N–H and O–H groups in total. The molecule has 3 aliphatic heterocycles. The Bertz CT molecular complexity index is 2560. The fourth-order valence-electron chi connectivity index (χ4n) is 6.66. The third-order valence-electron chi connectivity index (χ3n) is 9.32. The van der Waals surface area contributed by atoms with E-state index in [9.17, 15) is 27.2 Å². The Morgan fingerprint density at radius 1 is 1.04 bits per heavy atom. The maximum absolute atomic E-state index is 14.0. The van der Waals surface area contributed by atoms with Gasteiger partial charge in [-0.25, -0.2) is 14.2 Å². The molecule has 0 aliphatic carbocycles. The van der Waals surface area contributed by atoms with Gasteiger partial charge in [-0.2, -0.15) is 8.42 Å². The zero-order chi connectivity index (χ0) is 37.1. The highest BCUT2D eigenvalue weighted by atomic mass is 35.5. The lowest BCUT2D eigenvalue weighted by molar-refractivity contribution is -0.188. The molecule has 0 spiro atoms. The normalized spacial score (nSPS) is 17.2. The number of carbonyl (C=O) groups is 2. The molecule has 0 amide bonds. The van der Waals surface area contributed by atoms with Crippen LogP contribution < -0.4 is 20.3 Å². The molecule has 3 aliphatic rings. The Morgan fingerprint density at radius 2 is 1.77 bits per heavy atom. The highest BCUT2D eigenvalue weighted by molar-refractivity contribution is 7.90. The van der Waals surface area contributed by atoms with Crippen LogP contribution in [-0.2, 0) is 54.3 Å². The Hall–Kier alpha value is -5.80. The molecule has 0 saturated heterocycles.